The second kappa shape index (κ2) is 6.23. The topological polar surface area (TPSA) is 29.5 Å². The fourth-order valence-corrected chi connectivity index (χ4v) is 4.67. The van der Waals surface area contributed by atoms with E-state index in [1.165, 1.54) is 12.1 Å². The summed E-state index contributed by atoms with van der Waals surface area (Å²) < 4.78 is 33.2. The van der Waals surface area contributed by atoms with Gasteiger partial charge in [0.15, 0.2) is 11.6 Å². The molecule has 2 heterocycles. The Hall–Kier alpha value is -0.650. The summed E-state index contributed by atoms with van der Waals surface area (Å²) in [4.78, 5) is 0. The van der Waals surface area contributed by atoms with Crippen LogP contribution in [0.25, 0.3) is 0 Å². The van der Waals surface area contributed by atoms with Crippen LogP contribution in [0.1, 0.15) is 37.4 Å². The number of rotatable bonds is 2. The van der Waals surface area contributed by atoms with Crippen molar-refractivity contribution in [2.45, 2.75) is 37.4 Å². The summed E-state index contributed by atoms with van der Waals surface area (Å²) in [6.07, 6.45) is 2.41. The van der Waals surface area contributed by atoms with Gasteiger partial charge in [-0.2, -0.15) is 11.8 Å². The van der Waals surface area contributed by atoms with Crippen LogP contribution in [0.15, 0.2) is 18.2 Å². The molecule has 0 aliphatic carbocycles. The Labute approximate surface area is 127 Å². The van der Waals surface area contributed by atoms with Crippen molar-refractivity contribution in [3.05, 3.63) is 35.4 Å². The van der Waals surface area contributed by atoms with Crippen LogP contribution in [-0.2, 0) is 4.74 Å². The van der Waals surface area contributed by atoms with Gasteiger partial charge in [-0.3, -0.25) is 0 Å². The molecule has 2 aliphatic heterocycles. The Morgan fingerprint density at radius 3 is 2.81 bits per heavy atom. The third-order valence-electron chi connectivity index (χ3n) is 4.68. The van der Waals surface area contributed by atoms with Crippen LogP contribution in [-0.4, -0.2) is 28.8 Å². The Kier molecular flexibility index (Phi) is 4.52. The predicted molar refractivity (Wildman–Crippen MR) is 79.3 cm³/mol. The van der Waals surface area contributed by atoms with E-state index in [2.05, 4.69) is 0 Å². The van der Waals surface area contributed by atoms with Gasteiger partial charge in [0, 0.05) is 12.2 Å². The fraction of sp³-hybridized carbons (Fsp3) is 0.625. The van der Waals surface area contributed by atoms with Gasteiger partial charge < -0.3 is 9.84 Å². The predicted octanol–water partition coefficient (Wildman–Crippen LogP) is 3.69. The smallest absolute Gasteiger partial charge is 0.164 e. The molecule has 1 spiro atoms. The summed E-state index contributed by atoms with van der Waals surface area (Å²) in [5.41, 5.74) is -0.0962. The van der Waals surface area contributed by atoms with Crippen LogP contribution in [0.5, 0.6) is 0 Å². The number of thioether (sulfide) groups is 1. The molecule has 1 N–H and O–H groups in total. The van der Waals surface area contributed by atoms with Gasteiger partial charge in [-0.1, -0.05) is 12.1 Å². The summed E-state index contributed by atoms with van der Waals surface area (Å²) in [5, 5.41) is 10.5. The molecule has 2 aliphatic rings. The maximum Gasteiger partial charge on any atom is 0.164 e. The third kappa shape index (κ3) is 3.10. The molecular formula is C16H20F2O2S. The molecule has 0 aromatic heterocycles. The van der Waals surface area contributed by atoms with E-state index in [9.17, 15) is 13.9 Å². The van der Waals surface area contributed by atoms with Gasteiger partial charge in [-0.15, -0.1) is 0 Å². The number of halogens is 2. The zero-order valence-electron chi connectivity index (χ0n) is 11.9. The van der Waals surface area contributed by atoms with Crippen molar-refractivity contribution < 1.29 is 18.6 Å². The number of aliphatic hydroxyl groups is 1. The molecule has 3 rings (SSSR count). The molecular weight excluding hydrogens is 294 g/mol. The normalized spacial score (nSPS) is 26.7. The number of ether oxygens (including phenoxy) is 1. The summed E-state index contributed by atoms with van der Waals surface area (Å²) in [5.74, 6) is 0.235. The lowest BCUT2D eigenvalue weighted by Crippen LogP contribution is -2.44. The second-order valence-electron chi connectivity index (χ2n) is 5.98. The molecule has 0 bridgehead atoms. The summed E-state index contributed by atoms with van der Waals surface area (Å²) >= 11 is 1.92. The van der Waals surface area contributed by atoms with Gasteiger partial charge in [0.1, 0.15) is 0 Å². The zero-order valence-corrected chi connectivity index (χ0v) is 12.7. The highest BCUT2D eigenvalue weighted by Gasteiger charge is 2.41. The van der Waals surface area contributed by atoms with E-state index in [0.717, 1.165) is 36.8 Å². The largest absolute Gasteiger partial charge is 0.388 e. The first-order chi connectivity index (χ1) is 10.1. The second-order valence-corrected chi connectivity index (χ2v) is 7.21. The molecule has 2 unspecified atom stereocenters. The Morgan fingerprint density at radius 1 is 1.29 bits per heavy atom. The van der Waals surface area contributed by atoms with Crippen LogP contribution in [0.3, 0.4) is 0 Å². The highest BCUT2D eigenvalue weighted by molar-refractivity contribution is 7.99. The van der Waals surface area contributed by atoms with Gasteiger partial charge in [0.2, 0.25) is 0 Å². The highest BCUT2D eigenvalue weighted by Crippen LogP contribution is 2.43. The van der Waals surface area contributed by atoms with E-state index < -0.39 is 17.7 Å². The maximum atomic E-state index is 13.9. The van der Waals surface area contributed by atoms with Crippen molar-refractivity contribution in [2.24, 2.45) is 5.92 Å². The summed E-state index contributed by atoms with van der Waals surface area (Å²) in [6.45, 7) is 0.587. The molecule has 5 heteroatoms. The number of hydrogen-bond donors (Lipinski definition) is 1. The number of hydrogen-bond acceptors (Lipinski definition) is 3. The van der Waals surface area contributed by atoms with E-state index in [-0.39, 0.29) is 17.1 Å². The van der Waals surface area contributed by atoms with Gasteiger partial charge in [0.05, 0.1) is 11.7 Å². The average Bonchev–Trinajstić information content (AvgIpc) is 2.50. The molecule has 21 heavy (non-hydrogen) atoms. The minimum atomic E-state index is -0.962. The summed E-state index contributed by atoms with van der Waals surface area (Å²) in [6, 6.07) is 4.00. The molecule has 0 saturated carbocycles. The van der Waals surface area contributed by atoms with E-state index in [0.29, 0.717) is 13.0 Å². The molecule has 2 saturated heterocycles. The van der Waals surface area contributed by atoms with Crippen molar-refractivity contribution in [3.63, 3.8) is 0 Å². The number of aliphatic hydroxyl groups excluding tert-OH is 1. The van der Waals surface area contributed by atoms with E-state index in [4.69, 9.17) is 4.74 Å². The monoisotopic (exact) mass is 314 g/mol. The molecule has 2 nitrogen and oxygen atoms in total. The van der Waals surface area contributed by atoms with E-state index >= 15 is 0 Å². The minimum absolute atomic E-state index is 0.0712. The molecule has 0 radical (unpaired) electrons. The molecule has 1 aromatic rings. The van der Waals surface area contributed by atoms with Crippen LogP contribution in [0.4, 0.5) is 8.78 Å². The molecule has 2 fully saturated rings. The lowest BCUT2D eigenvalue weighted by molar-refractivity contribution is -0.121. The van der Waals surface area contributed by atoms with Crippen molar-refractivity contribution in [1.82, 2.24) is 0 Å². The Bertz CT molecular complexity index is 498. The van der Waals surface area contributed by atoms with Gasteiger partial charge >= 0.3 is 0 Å². The van der Waals surface area contributed by atoms with Crippen molar-refractivity contribution >= 4 is 11.8 Å². The van der Waals surface area contributed by atoms with Crippen LogP contribution >= 0.6 is 11.8 Å². The first-order valence-corrected chi connectivity index (χ1v) is 8.60. The first kappa shape index (κ1) is 15.3. The Balaban J connectivity index is 1.78. The first-order valence-electron chi connectivity index (χ1n) is 7.45. The van der Waals surface area contributed by atoms with E-state index in [1.807, 2.05) is 11.8 Å². The minimum Gasteiger partial charge on any atom is -0.388 e. The van der Waals surface area contributed by atoms with Crippen molar-refractivity contribution in [3.8, 4) is 0 Å². The average molecular weight is 314 g/mol. The summed E-state index contributed by atoms with van der Waals surface area (Å²) in [7, 11) is 0. The van der Waals surface area contributed by atoms with Crippen molar-refractivity contribution in [2.75, 3.05) is 18.1 Å². The fourth-order valence-electron chi connectivity index (χ4n) is 3.43. The van der Waals surface area contributed by atoms with Crippen LogP contribution in [0.2, 0.25) is 0 Å². The lowest BCUT2D eigenvalue weighted by atomic mass is 9.78. The molecule has 1 aromatic carbocycles. The molecule has 0 amide bonds. The van der Waals surface area contributed by atoms with Crippen molar-refractivity contribution in [1.29, 1.82) is 0 Å². The van der Waals surface area contributed by atoms with Gasteiger partial charge in [-0.05, 0) is 49.2 Å². The zero-order chi connectivity index (χ0) is 14.9. The maximum absolute atomic E-state index is 13.9. The SMILES string of the molecule is OC(c1cccc(F)c1F)C1CCOC2(CCSCC2)C1. The quantitative estimate of drug-likeness (QED) is 0.903. The highest BCUT2D eigenvalue weighted by atomic mass is 32.2. The molecule has 2 atom stereocenters. The van der Waals surface area contributed by atoms with Crippen LogP contribution < -0.4 is 0 Å². The van der Waals surface area contributed by atoms with E-state index in [1.54, 1.807) is 0 Å². The van der Waals surface area contributed by atoms with Gasteiger partial charge in [-0.25, -0.2) is 8.78 Å². The number of benzene rings is 1. The van der Waals surface area contributed by atoms with Crippen LogP contribution in [0, 0.1) is 17.6 Å². The molecule has 116 valence electrons. The lowest BCUT2D eigenvalue weighted by Gasteiger charge is -2.44. The third-order valence-corrected chi connectivity index (χ3v) is 5.67. The van der Waals surface area contributed by atoms with Gasteiger partial charge in [0.25, 0.3) is 0 Å². The Morgan fingerprint density at radius 2 is 2.05 bits per heavy atom. The standard InChI is InChI=1S/C16H20F2O2S/c17-13-3-1-2-12(14(13)18)15(19)11-4-7-20-16(10-11)5-8-21-9-6-16/h1-3,11,15,19H,4-10H2.